The van der Waals surface area contributed by atoms with E-state index in [9.17, 15) is 13.2 Å². The Bertz CT molecular complexity index is 1040. The lowest BCUT2D eigenvalue weighted by molar-refractivity contribution is -0.124. The first kappa shape index (κ1) is 16.8. The molecule has 26 heavy (non-hydrogen) atoms. The van der Waals surface area contributed by atoms with Crippen molar-refractivity contribution >= 4 is 21.4 Å². The molecule has 0 unspecified atom stereocenters. The maximum absolute atomic E-state index is 12.0. The van der Waals surface area contributed by atoms with E-state index in [4.69, 9.17) is 4.42 Å². The van der Waals surface area contributed by atoms with E-state index in [-0.39, 0.29) is 17.4 Å². The third kappa shape index (κ3) is 3.48. The topological polar surface area (TPSA) is 107 Å². The summed E-state index contributed by atoms with van der Waals surface area (Å²) in [6, 6.07) is 7.33. The summed E-state index contributed by atoms with van der Waals surface area (Å²) in [5, 5.41) is 7.23. The molecule has 1 atom stereocenters. The van der Waals surface area contributed by atoms with Crippen LogP contribution in [-0.4, -0.2) is 47.0 Å². The molecule has 1 amide bonds. The number of nitrogens with one attached hydrogen (secondary N) is 1. The average Bonchev–Trinajstić information content (AvgIpc) is 3.32. The maximum Gasteiger partial charge on any atom is 0.224 e. The highest BCUT2D eigenvalue weighted by molar-refractivity contribution is 7.91. The van der Waals surface area contributed by atoms with E-state index in [2.05, 4.69) is 15.4 Å². The molecule has 1 saturated heterocycles. The van der Waals surface area contributed by atoms with E-state index in [1.54, 1.807) is 16.8 Å². The Morgan fingerprint density at radius 1 is 1.38 bits per heavy atom. The molecule has 9 heteroatoms. The van der Waals surface area contributed by atoms with Crippen LogP contribution < -0.4 is 5.32 Å². The van der Waals surface area contributed by atoms with Gasteiger partial charge in [-0.05, 0) is 24.6 Å². The van der Waals surface area contributed by atoms with Gasteiger partial charge in [0.05, 0.1) is 29.4 Å². The predicted octanol–water partition coefficient (Wildman–Crippen LogP) is 1.08. The molecule has 3 aromatic heterocycles. The van der Waals surface area contributed by atoms with E-state index in [1.807, 2.05) is 24.4 Å². The zero-order chi connectivity index (χ0) is 18.1. The number of fused-ring (bicyclic) bond motifs is 1. The van der Waals surface area contributed by atoms with E-state index in [0.29, 0.717) is 30.8 Å². The SMILES string of the molecule is O=C(NCCc1cc2nc(-c3ccco3)ccn2n1)[C@@H]1CCS(=O)(=O)C1. The van der Waals surface area contributed by atoms with Crippen molar-refractivity contribution in [2.75, 3.05) is 18.1 Å². The molecule has 4 heterocycles. The molecule has 0 aliphatic carbocycles. The molecule has 8 nitrogen and oxygen atoms in total. The fraction of sp³-hybridized carbons (Fsp3) is 0.353. The molecule has 4 rings (SSSR count). The number of carbonyl (C=O) groups is 1. The van der Waals surface area contributed by atoms with E-state index in [0.717, 1.165) is 11.4 Å². The first-order valence-electron chi connectivity index (χ1n) is 8.37. The maximum atomic E-state index is 12.0. The first-order valence-corrected chi connectivity index (χ1v) is 10.2. The normalized spacial score (nSPS) is 19.0. The largest absolute Gasteiger partial charge is 0.463 e. The van der Waals surface area contributed by atoms with Crippen LogP contribution in [0, 0.1) is 5.92 Å². The minimum atomic E-state index is -3.05. The number of hydrogen-bond donors (Lipinski definition) is 1. The van der Waals surface area contributed by atoms with Gasteiger partial charge in [-0.15, -0.1) is 0 Å². The third-order valence-electron chi connectivity index (χ3n) is 4.43. The van der Waals surface area contributed by atoms with Crippen molar-refractivity contribution in [2.45, 2.75) is 12.8 Å². The lowest BCUT2D eigenvalue weighted by Gasteiger charge is -2.08. The second-order valence-electron chi connectivity index (χ2n) is 6.37. The van der Waals surface area contributed by atoms with E-state index >= 15 is 0 Å². The number of carbonyl (C=O) groups excluding carboxylic acids is 1. The van der Waals surface area contributed by atoms with Crippen LogP contribution in [0.2, 0.25) is 0 Å². The highest BCUT2D eigenvalue weighted by atomic mass is 32.2. The van der Waals surface area contributed by atoms with Crippen LogP contribution in [0.3, 0.4) is 0 Å². The highest BCUT2D eigenvalue weighted by Gasteiger charge is 2.32. The van der Waals surface area contributed by atoms with Crippen LogP contribution >= 0.6 is 0 Å². The Labute approximate surface area is 150 Å². The lowest BCUT2D eigenvalue weighted by Crippen LogP contribution is -2.32. The number of amides is 1. The van der Waals surface area contributed by atoms with Gasteiger partial charge in [-0.1, -0.05) is 0 Å². The lowest BCUT2D eigenvalue weighted by atomic mass is 10.1. The number of hydrogen-bond acceptors (Lipinski definition) is 6. The Morgan fingerprint density at radius 2 is 2.27 bits per heavy atom. The monoisotopic (exact) mass is 374 g/mol. The van der Waals surface area contributed by atoms with Crippen LogP contribution in [0.4, 0.5) is 0 Å². The van der Waals surface area contributed by atoms with Crippen molar-refractivity contribution in [1.29, 1.82) is 0 Å². The fourth-order valence-corrected chi connectivity index (χ4v) is 4.81. The molecule has 0 aromatic carbocycles. The number of aromatic nitrogens is 3. The summed E-state index contributed by atoms with van der Waals surface area (Å²) < 4.78 is 29.9. The average molecular weight is 374 g/mol. The minimum absolute atomic E-state index is 0.0489. The van der Waals surface area contributed by atoms with E-state index in [1.165, 1.54) is 0 Å². The van der Waals surface area contributed by atoms with Gasteiger partial charge in [0.2, 0.25) is 5.91 Å². The van der Waals surface area contributed by atoms with Gasteiger partial charge in [0.15, 0.2) is 21.2 Å². The molecule has 1 aliphatic heterocycles. The summed E-state index contributed by atoms with van der Waals surface area (Å²) in [6.07, 6.45) is 4.36. The predicted molar refractivity (Wildman–Crippen MR) is 94.2 cm³/mol. The number of rotatable bonds is 5. The van der Waals surface area contributed by atoms with Crippen LogP contribution in [-0.2, 0) is 21.1 Å². The quantitative estimate of drug-likeness (QED) is 0.716. The van der Waals surface area contributed by atoms with Gasteiger partial charge in [-0.2, -0.15) is 5.10 Å². The molecule has 1 fully saturated rings. The van der Waals surface area contributed by atoms with Crippen molar-refractivity contribution < 1.29 is 17.6 Å². The third-order valence-corrected chi connectivity index (χ3v) is 6.20. The minimum Gasteiger partial charge on any atom is -0.463 e. The summed E-state index contributed by atoms with van der Waals surface area (Å²) in [5.74, 6) is 0.106. The van der Waals surface area contributed by atoms with Gasteiger partial charge < -0.3 is 9.73 Å². The molecule has 3 aromatic rings. The van der Waals surface area contributed by atoms with Crippen molar-refractivity contribution in [3.05, 3.63) is 42.4 Å². The van der Waals surface area contributed by atoms with Crippen LogP contribution in [0.25, 0.3) is 17.1 Å². The molecular formula is C17H18N4O4S. The summed E-state index contributed by atoms with van der Waals surface area (Å²) >= 11 is 0. The Kier molecular flexibility index (Phi) is 4.23. The number of nitrogens with zero attached hydrogens (tertiary/aromatic N) is 3. The van der Waals surface area contributed by atoms with Gasteiger partial charge in [-0.25, -0.2) is 17.9 Å². The second kappa shape index (κ2) is 6.56. The highest BCUT2D eigenvalue weighted by Crippen LogP contribution is 2.19. The van der Waals surface area contributed by atoms with Gasteiger partial charge in [-0.3, -0.25) is 4.79 Å². The summed E-state index contributed by atoms with van der Waals surface area (Å²) in [4.78, 5) is 16.6. The van der Waals surface area contributed by atoms with Gasteiger partial charge in [0, 0.05) is 25.2 Å². The Morgan fingerprint density at radius 3 is 3.00 bits per heavy atom. The van der Waals surface area contributed by atoms with Crippen LogP contribution in [0.15, 0.2) is 41.1 Å². The van der Waals surface area contributed by atoms with Gasteiger partial charge >= 0.3 is 0 Å². The van der Waals surface area contributed by atoms with Crippen LogP contribution in [0.1, 0.15) is 12.1 Å². The van der Waals surface area contributed by atoms with Gasteiger partial charge in [0.25, 0.3) is 0 Å². The second-order valence-corrected chi connectivity index (χ2v) is 8.60. The molecule has 0 bridgehead atoms. The van der Waals surface area contributed by atoms with Crippen molar-refractivity contribution in [2.24, 2.45) is 5.92 Å². The molecule has 0 saturated carbocycles. The summed E-state index contributed by atoms with van der Waals surface area (Å²) in [5.41, 5.74) is 2.22. The first-order chi connectivity index (χ1) is 12.5. The van der Waals surface area contributed by atoms with Crippen LogP contribution in [0.5, 0.6) is 0 Å². The Balaban J connectivity index is 1.38. The standard InChI is InChI=1S/C17H18N4O4S/c22-17(12-5-9-26(23,24)11-12)18-6-3-13-10-16-19-14(4-7-21(16)20-13)15-2-1-8-25-15/h1-2,4,7-8,10,12H,3,5-6,9,11H2,(H,18,22)/t12-/m1/s1. The van der Waals surface area contributed by atoms with Crippen molar-refractivity contribution in [3.63, 3.8) is 0 Å². The Hall–Kier alpha value is -2.68. The fourth-order valence-electron chi connectivity index (χ4n) is 3.07. The van der Waals surface area contributed by atoms with Crippen molar-refractivity contribution in [3.8, 4) is 11.5 Å². The molecule has 0 spiro atoms. The van der Waals surface area contributed by atoms with Gasteiger partial charge in [0.1, 0.15) is 5.69 Å². The van der Waals surface area contributed by atoms with E-state index < -0.39 is 15.8 Å². The molecular weight excluding hydrogens is 356 g/mol. The summed E-state index contributed by atoms with van der Waals surface area (Å²) in [6.45, 7) is 0.407. The molecule has 136 valence electrons. The molecule has 1 N–H and O–H groups in total. The zero-order valence-electron chi connectivity index (χ0n) is 14.0. The molecule has 0 radical (unpaired) electrons. The zero-order valence-corrected chi connectivity index (χ0v) is 14.8. The summed E-state index contributed by atoms with van der Waals surface area (Å²) in [7, 11) is -3.05. The van der Waals surface area contributed by atoms with Crippen molar-refractivity contribution in [1.82, 2.24) is 19.9 Å². The number of sulfone groups is 1. The number of furan rings is 1. The molecule has 1 aliphatic rings. The smallest absolute Gasteiger partial charge is 0.224 e.